The van der Waals surface area contributed by atoms with Gasteiger partial charge in [0.1, 0.15) is 0 Å². The van der Waals surface area contributed by atoms with Gasteiger partial charge in [-0.3, -0.25) is 9.80 Å². The first-order valence-electron chi connectivity index (χ1n) is 19.9. The summed E-state index contributed by atoms with van der Waals surface area (Å²) in [7, 11) is 4.66. The summed E-state index contributed by atoms with van der Waals surface area (Å²) in [6.07, 6.45) is 17.8. The van der Waals surface area contributed by atoms with Crippen molar-refractivity contribution in [3.8, 4) is 0 Å². The molecule has 4 rings (SSSR count). The van der Waals surface area contributed by atoms with Crippen molar-refractivity contribution >= 4 is 23.9 Å². The monoisotopic (exact) mass is 797 g/mol. The van der Waals surface area contributed by atoms with Crippen LogP contribution in [0.1, 0.15) is 131 Å². The van der Waals surface area contributed by atoms with Crippen LogP contribution in [0, 0.1) is 0 Å². The highest BCUT2D eigenvalue weighted by Crippen LogP contribution is 2.52. The molecule has 0 saturated heterocycles. The maximum atomic E-state index is 9.10. The van der Waals surface area contributed by atoms with Crippen LogP contribution in [-0.4, -0.2) is 97.8 Å². The Kier molecular flexibility index (Phi) is 22.6. The molecule has 0 bridgehead atoms. The number of likely N-dealkylation sites (N-methyl/N-ethyl adjacent to an activating group) is 2. The Morgan fingerprint density at radius 1 is 0.544 bits per heavy atom. The van der Waals surface area contributed by atoms with E-state index in [9.17, 15) is 0 Å². The Bertz CT molecular complexity index is 1460. The number of benzene rings is 2. The fourth-order valence-corrected chi connectivity index (χ4v) is 9.13. The zero-order valence-corrected chi connectivity index (χ0v) is 36.2. The lowest BCUT2D eigenvalue weighted by Crippen LogP contribution is -2.61. The molecule has 0 aromatic heterocycles. The number of nitrogens with zero attached hydrogens (tertiary/aromatic N) is 2. The van der Waals surface area contributed by atoms with Crippen LogP contribution in [0.15, 0.2) is 84.0 Å². The van der Waals surface area contributed by atoms with E-state index in [0.29, 0.717) is 0 Å². The second kappa shape index (κ2) is 24.5. The number of hydrogen-bond acceptors (Lipinski definition) is 6. The second-order valence-corrected chi connectivity index (χ2v) is 16.1. The topological polar surface area (TPSA) is 187 Å². The van der Waals surface area contributed by atoms with Crippen LogP contribution in [0.2, 0.25) is 0 Å². The molecule has 0 radical (unpaired) electrons. The lowest BCUT2D eigenvalue weighted by molar-refractivity contribution is -0.159. The maximum absolute atomic E-state index is 9.10. The van der Waals surface area contributed by atoms with E-state index in [1.165, 1.54) is 86.5 Å². The summed E-state index contributed by atoms with van der Waals surface area (Å²) in [5.41, 5.74) is 6.86. The van der Waals surface area contributed by atoms with Gasteiger partial charge in [-0.1, -0.05) is 137 Å². The smallest absolute Gasteiger partial charge is 0.414 e. The Morgan fingerprint density at radius 2 is 0.807 bits per heavy atom. The Labute approximate surface area is 341 Å². The third-order valence-corrected chi connectivity index (χ3v) is 12.5. The van der Waals surface area contributed by atoms with Gasteiger partial charge in [0, 0.05) is 35.0 Å². The molecule has 2 aliphatic carbocycles. The number of carboxylic acid groups (broad SMARTS) is 4. The molecule has 2 fully saturated rings. The lowest BCUT2D eigenvalue weighted by Gasteiger charge is -2.57. The molecule has 2 aliphatic rings. The highest BCUT2D eigenvalue weighted by molar-refractivity contribution is 6.27. The molecule has 6 N–H and O–H groups in total. The number of rotatable bonds is 10. The van der Waals surface area contributed by atoms with Crippen LogP contribution in [0.25, 0.3) is 0 Å². The molecule has 0 aliphatic heterocycles. The molecule has 4 atom stereocenters. The summed E-state index contributed by atoms with van der Waals surface area (Å²) in [5, 5.41) is 29.6. The van der Waals surface area contributed by atoms with E-state index in [1.54, 1.807) is 0 Å². The zero-order valence-electron chi connectivity index (χ0n) is 36.2. The molecule has 320 valence electrons. The average Bonchev–Trinajstić information content (AvgIpc) is 3.17. The average molecular weight is 797 g/mol. The predicted octanol–water partition coefficient (Wildman–Crippen LogP) is 8.62. The molecule has 4 unspecified atom stereocenters. The molecular formula is C46H72N2O9. The minimum Gasteiger partial charge on any atom is -0.473 e. The minimum absolute atomic E-state index is 0. The molecule has 2 aromatic carbocycles. The molecule has 0 spiro atoms. The van der Waals surface area contributed by atoms with Gasteiger partial charge in [0.25, 0.3) is 0 Å². The Morgan fingerprint density at radius 3 is 1.04 bits per heavy atom. The number of carbonyl (C=O) groups is 4. The molecule has 11 nitrogen and oxygen atoms in total. The highest BCUT2D eigenvalue weighted by atomic mass is 16.4. The molecule has 57 heavy (non-hydrogen) atoms. The van der Waals surface area contributed by atoms with E-state index in [2.05, 4.69) is 152 Å². The van der Waals surface area contributed by atoms with Crippen LogP contribution in [0.5, 0.6) is 0 Å². The van der Waals surface area contributed by atoms with Crippen molar-refractivity contribution in [1.82, 2.24) is 9.80 Å². The lowest BCUT2D eigenvalue weighted by atomic mass is 9.57. The van der Waals surface area contributed by atoms with Crippen LogP contribution < -0.4 is 0 Å². The first kappa shape index (κ1) is 52.7. The van der Waals surface area contributed by atoms with Gasteiger partial charge in [-0.05, 0) is 91.4 Å². The van der Waals surface area contributed by atoms with Gasteiger partial charge in [-0.15, -0.1) is 0 Å². The highest BCUT2D eigenvalue weighted by Gasteiger charge is 2.52. The summed E-state index contributed by atoms with van der Waals surface area (Å²) in [6.45, 7) is 20.7. The van der Waals surface area contributed by atoms with Crippen molar-refractivity contribution in [1.29, 1.82) is 0 Å². The molecule has 0 heterocycles. The largest absolute Gasteiger partial charge is 0.473 e. The molecule has 0 amide bonds. The van der Waals surface area contributed by atoms with Crippen LogP contribution in [-0.2, 0) is 30.0 Å². The third kappa shape index (κ3) is 13.9. The van der Waals surface area contributed by atoms with Gasteiger partial charge < -0.3 is 25.9 Å². The van der Waals surface area contributed by atoms with Crippen molar-refractivity contribution in [2.45, 2.75) is 142 Å². The summed E-state index contributed by atoms with van der Waals surface area (Å²) in [5.74, 6) is -7.30. The van der Waals surface area contributed by atoms with E-state index in [0.717, 1.165) is 13.1 Å². The predicted molar refractivity (Wildman–Crippen MR) is 229 cm³/mol. The number of hydrogen-bond donors (Lipinski definition) is 4. The van der Waals surface area contributed by atoms with E-state index in [-0.39, 0.29) is 27.4 Å². The summed E-state index contributed by atoms with van der Waals surface area (Å²) in [4.78, 5) is 41.7. The number of allylic oxidation sites excluding steroid dienone is 2. The van der Waals surface area contributed by atoms with Crippen LogP contribution in [0.3, 0.4) is 0 Å². The van der Waals surface area contributed by atoms with Crippen LogP contribution >= 0.6 is 0 Å². The third-order valence-electron chi connectivity index (χ3n) is 12.5. The fourth-order valence-electron chi connectivity index (χ4n) is 9.13. The number of aliphatic carboxylic acids is 4. The van der Waals surface area contributed by atoms with Crippen LogP contribution in [0.4, 0.5) is 0 Å². The molecule has 2 saturated carbocycles. The van der Waals surface area contributed by atoms with Crippen molar-refractivity contribution < 1.29 is 45.1 Å². The zero-order chi connectivity index (χ0) is 42.7. The van der Waals surface area contributed by atoms with E-state index < -0.39 is 23.9 Å². The summed E-state index contributed by atoms with van der Waals surface area (Å²) < 4.78 is 0. The van der Waals surface area contributed by atoms with Gasteiger partial charge in [0.15, 0.2) is 0 Å². The van der Waals surface area contributed by atoms with Crippen molar-refractivity contribution in [3.05, 3.63) is 95.1 Å². The van der Waals surface area contributed by atoms with Crippen molar-refractivity contribution in [2.24, 2.45) is 0 Å². The molecule has 2 aromatic rings. The van der Waals surface area contributed by atoms with Gasteiger partial charge in [0.05, 0.1) is 0 Å². The number of carboxylic acids is 4. The van der Waals surface area contributed by atoms with Gasteiger partial charge in [-0.2, -0.15) is 0 Å². The summed E-state index contributed by atoms with van der Waals surface area (Å²) >= 11 is 0. The minimum atomic E-state index is -1.82. The van der Waals surface area contributed by atoms with Gasteiger partial charge >= 0.3 is 23.9 Å². The quantitative estimate of drug-likeness (QED) is 0.134. The van der Waals surface area contributed by atoms with Gasteiger partial charge in [-0.25, -0.2) is 19.2 Å². The Balaban J connectivity index is 0.000000846. The normalized spacial score (nSPS) is 23.6. The first-order valence-corrected chi connectivity index (χ1v) is 19.9. The van der Waals surface area contributed by atoms with Crippen molar-refractivity contribution in [2.75, 3.05) is 27.2 Å². The van der Waals surface area contributed by atoms with Gasteiger partial charge in [0.2, 0.25) is 0 Å². The molecule has 11 heteroatoms. The Hall–Kier alpha value is -4.32. The first-order chi connectivity index (χ1) is 26.2. The maximum Gasteiger partial charge on any atom is 0.414 e. The van der Waals surface area contributed by atoms with E-state index in [4.69, 9.17) is 39.6 Å². The second-order valence-electron chi connectivity index (χ2n) is 16.1. The van der Waals surface area contributed by atoms with Crippen molar-refractivity contribution in [3.63, 3.8) is 0 Å². The fraction of sp³-hybridized carbons (Fsp3) is 0.565. The van der Waals surface area contributed by atoms with E-state index in [1.807, 2.05) is 0 Å². The molecular weight excluding hydrogens is 725 g/mol. The van der Waals surface area contributed by atoms with E-state index >= 15 is 0 Å². The standard InChI is InChI=1S/2C21H33N.2C2H2O4.H2O/c2*1-6-21(22(5)17-14-18(2)3)16-11-10-15-20(21,4)19-12-8-7-9-13-19;2*3-1(4)2(5)6;/h2*7-9,12-14H,6,10-11,15-17H2,1-5H3;2*(H,3,4)(H,5,6);1H2. The SMILES string of the molecule is CCC1(N(C)CC=C(C)C)CCCCC1(C)c1ccccc1.CCC1(N(C)CC=C(C)C)CCCCC1(C)c1ccccc1.O.O=C(O)C(=O)O.O=C(O)C(=O)O. The summed E-state index contributed by atoms with van der Waals surface area (Å²) in [6, 6.07) is 22.4.